The summed E-state index contributed by atoms with van der Waals surface area (Å²) >= 11 is 0. The molecule has 2 unspecified atom stereocenters. The Morgan fingerprint density at radius 2 is 2.05 bits per heavy atom. The van der Waals surface area contributed by atoms with Gasteiger partial charge in [0.25, 0.3) is 0 Å². The smallest absolute Gasteiger partial charge is 0.311 e. The van der Waals surface area contributed by atoms with Crippen molar-refractivity contribution in [3.05, 3.63) is 0 Å². The van der Waals surface area contributed by atoms with Gasteiger partial charge in [-0.05, 0) is 39.5 Å². The lowest BCUT2D eigenvalue weighted by Gasteiger charge is -2.30. The van der Waals surface area contributed by atoms with E-state index in [0.717, 1.165) is 32.1 Å². The van der Waals surface area contributed by atoms with Gasteiger partial charge >= 0.3 is 6.03 Å². The van der Waals surface area contributed by atoms with E-state index in [-0.39, 0.29) is 18.1 Å². The summed E-state index contributed by atoms with van der Waals surface area (Å²) in [6, 6.07) is 0.0635. The second-order valence-corrected chi connectivity index (χ2v) is 5.88. The molecule has 1 saturated carbocycles. The summed E-state index contributed by atoms with van der Waals surface area (Å²) in [6.07, 6.45) is 5.87. The molecule has 116 valence electrons. The number of urea groups is 1. The molecular formula is C14H29N5O. The van der Waals surface area contributed by atoms with Gasteiger partial charge in [0.05, 0.1) is 6.04 Å². The lowest BCUT2D eigenvalue weighted by Crippen LogP contribution is -2.55. The summed E-state index contributed by atoms with van der Waals surface area (Å²) in [5.41, 5.74) is -0.684. The third kappa shape index (κ3) is 4.74. The van der Waals surface area contributed by atoms with Gasteiger partial charge in [-0.15, -0.1) is 0 Å². The highest BCUT2D eigenvalue weighted by Gasteiger charge is 2.30. The first-order chi connectivity index (χ1) is 9.41. The van der Waals surface area contributed by atoms with E-state index < -0.39 is 5.66 Å². The summed E-state index contributed by atoms with van der Waals surface area (Å²) in [7, 11) is 0. The first-order valence-corrected chi connectivity index (χ1v) is 7.70. The Balaban J connectivity index is 2.61. The van der Waals surface area contributed by atoms with Crippen LogP contribution in [0.3, 0.4) is 0 Å². The predicted octanol–water partition coefficient (Wildman–Crippen LogP) is 3.19. The van der Waals surface area contributed by atoms with E-state index in [9.17, 15) is 4.79 Å². The standard InChI is InChI=1S/C14H29N5O/c1-5-11(3)17-18-14(4,6-2)16-13(20)19(15)12-9-7-8-10-12/h11-12H,5-10,15H2,1-4H3,(H,16,20). The molecule has 0 aromatic carbocycles. The average Bonchev–Trinajstić information content (AvgIpc) is 2.97. The number of azo groups is 1. The summed E-state index contributed by atoms with van der Waals surface area (Å²) in [5.74, 6) is 5.92. The minimum absolute atomic E-state index is 0.155. The van der Waals surface area contributed by atoms with Gasteiger partial charge in [0.15, 0.2) is 5.66 Å². The fourth-order valence-electron chi connectivity index (χ4n) is 2.13. The van der Waals surface area contributed by atoms with E-state index in [0.29, 0.717) is 6.42 Å². The molecule has 1 rings (SSSR count). The van der Waals surface area contributed by atoms with Gasteiger partial charge in [0, 0.05) is 6.04 Å². The number of carbonyl (C=O) groups excluding carboxylic acids is 1. The molecule has 0 aromatic rings. The van der Waals surface area contributed by atoms with Crippen LogP contribution in [0.5, 0.6) is 0 Å². The highest BCUT2D eigenvalue weighted by molar-refractivity contribution is 5.74. The summed E-state index contributed by atoms with van der Waals surface area (Å²) < 4.78 is 0. The van der Waals surface area contributed by atoms with Gasteiger partial charge in [-0.3, -0.25) is 5.01 Å². The zero-order valence-corrected chi connectivity index (χ0v) is 13.2. The quantitative estimate of drug-likeness (QED) is 0.339. The number of rotatable bonds is 6. The van der Waals surface area contributed by atoms with Crippen LogP contribution in [0.25, 0.3) is 0 Å². The Kier molecular flexibility index (Phi) is 6.39. The van der Waals surface area contributed by atoms with Crippen LogP contribution in [0.2, 0.25) is 0 Å². The SMILES string of the molecule is CCC(C)N=NC(C)(CC)NC(=O)N(N)C1CCCC1. The van der Waals surface area contributed by atoms with Gasteiger partial charge in [0.2, 0.25) is 0 Å². The van der Waals surface area contributed by atoms with E-state index in [1.165, 1.54) is 5.01 Å². The molecule has 1 aliphatic carbocycles. The van der Waals surface area contributed by atoms with Crippen molar-refractivity contribution in [1.82, 2.24) is 10.3 Å². The summed E-state index contributed by atoms with van der Waals surface area (Å²) in [4.78, 5) is 12.2. The van der Waals surface area contributed by atoms with Gasteiger partial charge in [-0.25, -0.2) is 10.6 Å². The molecule has 2 atom stereocenters. The second kappa shape index (κ2) is 7.57. The summed E-state index contributed by atoms with van der Waals surface area (Å²) in [6.45, 7) is 7.92. The van der Waals surface area contributed by atoms with Gasteiger partial charge in [-0.2, -0.15) is 10.2 Å². The van der Waals surface area contributed by atoms with Crippen LogP contribution in [-0.4, -0.2) is 28.8 Å². The maximum Gasteiger partial charge on any atom is 0.333 e. The van der Waals surface area contributed by atoms with Crippen LogP contribution in [-0.2, 0) is 0 Å². The molecule has 2 amide bonds. The normalized spacial score (nSPS) is 20.9. The molecule has 3 N–H and O–H groups in total. The van der Waals surface area contributed by atoms with Gasteiger partial charge in [0.1, 0.15) is 0 Å². The molecule has 0 spiro atoms. The number of nitrogens with two attached hydrogens (primary N) is 1. The molecule has 0 aromatic heterocycles. The van der Waals surface area contributed by atoms with Gasteiger partial charge in [-0.1, -0.05) is 26.7 Å². The molecule has 20 heavy (non-hydrogen) atoms. The molecular weight excluding hydrogens is 254 g/mol. The van der Waals surface area contributed by atoms with E-state index >= 15 is 0 Å². The van der Waals surface area contributed by atoms with Crippen molar-refractivity contribution in [2.75, 3.05) is 0 Å². The lowest BCUT2D eigenvalue weighted by atomic mass is 10.1. The highest BCUT2D eigenvalue weighted by atomic mass is 16.2. The maximum atomic E-state index is 12.2. The molecule has 0 saturated heterocycles. The van der Waals surface area contributed by atoms with Crippen molar-refractivity contribution >= 4 is 6.03 Å². The van der Waals surface area contributed by atoms with Crippen LogP contribution in [0.1, 0.15) is 66.2 Å². The minimum atomic E-state index is -0.684. The third-order valence-electron chi connectivity index (χ3n) is 4.08. The topological polar surface area (TPSA) is 83.1 Å². The fourth-order valence-corrected chi connectivity index (χ4v) is 2.13. The van der Waals surface area contributed by atoms with Crippen LogP contribution in [0.4, 0.5) is 4.79 Å². The van der Waals surface area contributed by atoms with Crippen molar-refractivity contribution in [3.8, 4) is 0 Å². The first-order valence-electron chi connectivity index (χ1n) is 7.70. The zero-order valence-electron chi connectivity index (χ0n) is 13.2. The molecule has 0 aliphatic heterocycles. The molecule has 0 radical (unpaired) electrons. The third-order valence-corrected chi connectivity index (χ3v) is 4.08. The van der Waals surface area contributed by atoms with Crippen molar-refractivity contribution in [1.29, 1.82) is 0 Å². The number of nitrogens with zero attached hydrogens (tertiary/aromatic N) is 3. The maximum absolute atomic E-state index is 12.2. The first kappa shape index (κ1) is 16.9. The zero-order chi connectivity index (χ0) is 15.2. The van der Waals surface area contributed by atoms with E-state index in [4.69, 9.17) is 5.84 Å². The summed E-state index contributed by atoms with van der Waals surface area (Å²) in [5, 5.41) is 12.8. The molecule has 0 bridgehead atoms. The number of hydrogen-bond donors (Lipinski definition) is 2. The minimum Gasteiger partial charge on any atom is -0.311 e. The number of hydrogen-bond acceptors (Lipinski definition) is 4. The number of amides is 2. The Morgan fingerprint density at radius 1 is 1.45 bits per heavy atom. The van der Waals surface area contributed by atoms with Crippen molar-refractivity contribution in [3.63, 3.8) is 0 Å². The van der Waals surface area contributed by atoms with E-state index in [2.05, 4.69) is 22.5 Å². The fraction of sp³-hybridized carbons (Fsp3) is 0.929. The largest absolute Gasteiger partial charge is 0.333 e. The van der Waals surface area contributed by atoms with E-state index in [1.807, 2.05) is 20.8 Å². The Hall–Kier alpha value is -1.17. The average molecular weight is 283 g/mol. The van der Waals surface area contributed by atoms with Crippen LogP contribution < -0.4 is 11.2 Å². The number of hydrazine groups is 1. The number of carbonyl (C=O) groups is 1. The predicted molar refractivity (Wildman–Crippen MR) is 80.1 cm³/mol. The Bertz CT molecular complexity index is 340. The van der Waals surface area contributed by atoms with Crippen molar-refractivity contribution in [2.45, 2.75) is 84.0 Å². The van der Waals surface area contributed by atoms with Gasteiger partial charge < -0.3 is 5.32 Å². The van der Waals surface area contributed by atoms with Crippen molar-refractivity contribution < 1.29 is 4.79 Å². The molecule has 0 heterocycles. The van der Waals surface area contributed by atoms with Crippen LogP contribution >= 0.6 is 0 Å². The monoisotopic (exact) mass is 283 g/mol. The Labute approximate surface area is 122 Å². The second-order valence-electron chi connectivity index (χ2n) is 5.88. The lowest BCUT2D eigenvalue weighted by molar-refractivity contribution is 0.163. The number of nitrogens with one attached hydrogen (secondary N) is 1. The molecule has 1 fully saturated rings. The molecule has 6 heteroatoms. The van der Waals surface area contributed by atoms with Crippen LogP contribution in [0, 0.1) is 0 Å². The van der Waals surface area contributed by atoms with Crippen LogP contribution in [0.15, 0.2) is 10.2 Å². The Morgan fingerprint density at radius 3 is 2.55 bits per heavy atom. The molecule has 1 aliphatic rings. The molecule has 6 nitrogen and oxygen atoms in total. The van der Waals surface area contributed by atoms with Crippen molar-refractivity contribution in [2.24, 2.45) is 16.1 Å². The van der Waals surface area contributed by atoms with E-state index in [1.54, 1.807) is 0 Å². The highest BCUT2D eigenvalue weighted by Crippen LogP contribution is 2.22.